The molecule has 0 unspecified atom stereocenters. The highest BCUT2D eigenvalue weighted by Gasteiger charge is 2.20. The largest absolute Gasteiger partial charge is 0.497 e. The molecule has 2 heterocycles. The van der Waals surface area contributed by atoms with Crippen molar-refractivity contribution in [3.8, 4) is 5.75 Å². The lowest BCUT2D eigenvalue weighted by atomic mass is 9.96. The first-order valence-corrected chi connectivity index (χ1v) is 9.93. The maximum atomic E-state index is 12.8. The molecule has 0 atom stereocenters. The summed E-state index contributed by atoms with van der Waals surface area (Å²) in [5.74, 6) is 1.24. The van der Waals surface area contributed by atoms with Crippen LogP contribution < -0.4 is 10.3 Å². The van der Waals surface area contributed by atoms with Crippen LogP contribution in [0.15, 0.2) is 53.6 Å². The Morgan fingerprint density at radius 1 is 1.11 bits per heavy atom. The summed E-state index contributed by atoms with van der Waals surface area (Å²) >= 11 is 0. The van der Waals surface area contributed by atoms with E-state index in [0.717, 1.165) is 44.8 Å². The first-order chi connectivity index (χ1) is 13.6. The highest BCUT2D eigenvalue weighted by atomic mass is 16.5. The van der Waals surface area contributed by atoms with Crippen LogP contribution in [0.4, 0.5) is 0 Å². The zero-order chi connectivity index (χ0) is 19.5. The average molecular weight is 377 g/mol. The van der Waals surface area contributed by atoms with Gasteiger partial charge in [0.2, 0.25) is 0 Å². The second-order valence-electron chi connectivity index (χ2n) is 7.79. The maximum absolute atomic E-state index is 12.8. The summed E-state index contributed by atoms with van der Waals surface area (Å²) in [6.07, 6.45) is 3.90. The van der Waals surface area contributed by atoms with Crippen molar-refractivity contribution in [2.24, 2.45) is 5.92 Å². The Labute approximate surface area is 165 Å². The highest BCUT2D eigenvalue weighted by molar-refractivity contribution is 5.78. The van der Waals surface area contributed by atoms with Crippen LogP contribution in [-0.2, 0) is 13.1 Å². The van der Waals surface area contributed by atoms with Crippen LogP contribution in [0.25, 0.3) is 10.9 Å². The van der Waals surface area contributed by atoms with Gasteiger partial charge in [-0.3, -0.25) is 14.3 Å². The molecule has 1 fully saturated rings. The van der Waals surface area contributed by atoms with Gasteiger partial charge in [-0.2, -0.15) is 0 Å². The highest BCUT2D eigenvalue weighted by Crippen LogP contribution is 2.21. The quantitative estimate of drug-likeness (QED) is 0.681. The van der Waals surface area contributed by atoms with Crippen molar-refractivity contribution < 1.29 is 4.74 Å². The van der Waals surface area contributed by atoms with Crippen LogP contribution in [0.2, 0.25) is 0 Å². The molecule has 0 aliphatic carbocycles. The van der Waals surface area contributed by atoms with Crippen molar-refractivity contribution in [2.45, 2.75) is 32.9 Å². The number of aryl methyl sites for hydroxylation is 1. The SMILES string of the molecule is COc1ccc2c(=O)n(CC3CCN(Cc4ccc(C)cc4)CC3)cnc2c1. The number of ether oxygens (including phenoxy) is 1. The molecule has 5 nitrogen and oxygen atoms in total. The summed E-state index contributed by atoms with van der Waals surface area (Å²) in [7, 11) is 1.62. The van der Waals surface area contributed by atoms with Crippen molar-refractivity contribution in [1.29, 1.82) is 0 Å². The molecule has 146 valence electrons. The van der Waals surface area contributed by atoms with Gasteiger partial charge in [0, 0.05) is 19.2 Å². The predicted octanol–water partition coefficient (Wildman–Crippen LogP) is 3.63. The number of hydrogen-bond donors (Lipinski definition) is 0. The normalized spacial score (nSPS) is 15.8. The molecule has 0 bridgehead atoms. The van der Waals surface area contributed by atoms with E-state index in [1.54, 1.807) is 18.0 Å². The molecule has 0 spiro atoms. The van der Waals surface area contributed by atoms with Gasteiger partial charge in [0.05, 0.1) is 24.3 Å². The van der Waals surface area contributed by atoms with Crippen molar-refractivity contribution in [2.75, 3.05) is 20.2 Å². The van der Waals surface area contributed by atoms with E-state index in [-0.39, 0.29) is 5.56 Å². The van der Waals surface area contributed by atoms with Gasteiger partial charge in [-0.05, 0) is 56.5 Å². The van der Waals surface area contributed by atoms with Gasteiger partial charge >= 0.3 is 0 Å². The van der Waals surface area contributed by atoms with Crippen LogP contribution in [0.3, 0.4) is 0 Å². The third kappa shape index (κ3) is 4.09. The number of likely N-dealkylation sites (tertiary alicyclic amines) is 1. The number of methoxy groups -OCH3 is 1. The van der Waals surface area contributed by atoms with E-state index in [2.05, 4.69) is 41.1 Å². The molecule has 0 N–H and O–H groups in total. The molecule has 1 aromatic heterocycles. The zero-order valence-corrected chi connectivity index (χ0v) is 16.6. The first kappa shape index (κ1) is 18.7. The van der Waals surface area contributed by atoms with Crippen LogP contribution in [-0.4, -0.2) is 34.7 Å². The van der Waals surface area contributed by atoms with Crippen molar-refractivity contribution >= 4 is 10.9 Å². The Morgan fingerprint density at radius 3 is 2.57 bits per heavy atom. The number of aromatic nitrogens is 2. The third-order valence-electron chi connectivity index (χ3n) is 5.72. The molecule has 0 radical (unpaired) electrons. The predicted molar refractivity (Wildman–Crippen MR) is 112 cm³/mol. The molecule has 1 aliphatic heterocycles. The molecule has 28 heavy (non-hydrogen) atoms. The number of piperidine rings is 1. The van der Waals surface area contributed by atoms with E-state index in [4.69, 9.17) is 4.74 Å². The van der Waals surface area contributed by atoms with Gasteiger partial charge in [0.25, 0.3) is 5.56 Å². The molecule has 0 amide bonds. The lowest BCUT2D eigenvalue weighted by Crippen LogP contribution is -2.36. The molecular weight excluding hydrogens is 350 g/mol. The monoisotopic (exact) mass is 377 g/mol. The molecule has 2 aromatic carbocycles. The number of nitrogens with zero attached hydrogens (tertiary/aromatic N) is 3. The van der Waals surface area contributed by atoms with Crippen LogP contribution in [0.1, 0.15) is 24.0 Å². The smallest absolute Gasteiger partial charge is 0.261 e. The molecule has 3 aromatic rings. The second kappa shape index (κ2) is 8.15. The standard InChI is InChI=1S/C23H27N3O2/c1-17-3-5-18(6-4-17)14-25-11-9-19(10-12-25)15-26-16-24-22-13-20(28-2)7-8-21(22)23(26)27/h3-8,13,16,19H,9-12,14-15H2,1-2H3. The third-order valence-corrected chi connectivity index (χ3v) is 5.72. The van der Waals surface area contributed by atoms with E-state index in [0.29, 0.717) is 16.8 Å². The van der Waals surface area contributed by atoms with E-state index >= 15 is 0 Å². The summed E-state index contributed by atoms with van der Waals surface area (Å²) in [6.45, 7) is 6.02. The number of fused-ring (bicyclic) bond motifs is 1. The zero-order valence-electron chi connectivity index (χ0n) is 16.6. The molecule has 1 saturated heterocycles. The molecule has 5 heteroatoms. The van der Waals surface area contributed by atoms with Crippen molar-refractivity contribution in [3.05, 3.63) is 70.3 Å². The number of benzene rings is 2. The minimum atomic E-state index is 0.0368. The van der Waals surface area contributed by atoms with E-state index in [1.165, 1.54) is 11.1 Å². The van der Waals surface area contributed by atoms with Gasteiger partial charge in [0.15, 0.2) is 0 Å². The summed E-state index contributed by atoms with van der Waals surface area (Å²) < 4.78 is 6.99. The molecule has 0 saturated carbocycles. The first-order valence-electron chi connectivity index (χ1n) is 9.93. The fourth-order valence-corrected chi connectivity index (χ4v) is 3.95. The second-order valence-corrected chi connectivity index (χ2v) is 7.79. The van der Waals surface area contributed by atoms with Crippen molar-refractivity contribution in [3.63, 3.8) is 0 Å². The Hall–Kier alpha value is -2.66. The number of rotatable bonds is 5. The fraction of sp³-hybridized carbons (Fsp3) is 0.391. The summed E-state index contributed by atoms with van der Waals surface area (Å²) in [6, 6.07) is 14.2. The summed E-state index contributed by atoms with van der Waals surface area (Å²) in [5, 5.41) is 0.653. The van der Waals surface area contributed by atoms with Crippen molar-refractivity contribution in [1.82, 2.24) is 14.5 Å². The van der Waals surface area contributed by atoms with Gasteiger partial charge in [-0.1, -0.05) is 29.8 Å². The van der Waals surface area contributed by atoms with E-state index in [9.17, 15) is 4.79 Å². The lowest BCUT2D eigenvalue weighted by Gasteiger charge is -2.32. The van der Waals surface area contributed by atoms with E-state index in [1.807, 2.05) is 18.2 Å². The Kier molecular flexibility index (Phi) is 5.44. The molecule has 4 rings (SSSR count). The lowest BCUT2D eigenvalue weighted by molar-refractivity contribution is 0.166. The molecule has 1 aliphatic rings. The van der Waals surface area contributed by atoms with Crippen LogP contribution in [0.5, 0.6) is 5.75 Å². The van der Waals surface area contributed by atoms with Crippen LogP contribution >= 0.6 is 0 Å². The Bertz CT molecular complexity index is 1000. The van der Waals surface area contributed by atoms with Gasteiger partial charge in [0.1, 0.15) is 5.75 Å². The Morgan fingerprint density at radius 2 is 1.86 bits per heavy atom. The van der Waals surface area contributed by atoms with Gasteiger partial charge in [-0.25, -0.2) is 4.98 Å². The summed E-state index contributed by atoms with van der Waals surface area (Å²) in [4.78, 5) is 19.8. The topological polar surface area (TPSA) is 47.4 Å². The average Bonchev–Trinajstić information content (AvgIpc) is 2.73. The van der Waals surface area contributed by atoms with Gasteiger partial charge in [-0.15, -0.1) is 0 Å². The van der Waals surface area contributed by atoms with Gasteiger partial charge < -0.3 is 4.74 Å². The maximum Gasteiger partial charge on any atom is 0.261 e. The molecular formula is C23H27N3O2. The number of hydrogen-bond acceptors (Lipinski definition) is 4. The van der Waals surface area contributed by atoms with Crippen LogP contribution in [0, 0.1) is 12.8 Å². The Balaban J connectivity index is 1.38. The minimum absolute atomic E-state index is 0.0368. The van der Waals surface area contributed by atoms with E-state index < -0.39 is 0 Å². The fourth-order valence-electron chi connectivity index (χ4n) is 3.95. The summed E-state index contributed by atoms with van der Waals surface area (Å²) in [5.41, 5.74) is 3.40. The minimum Gasteiger partial charge on any atom is -0.497 e.